The summed E-state index contributed by atoms with van der Waals surface area (Å²) >= 11 is 0. The fourth-order valence-corrected chi connectivity index (χ4v) is 3.69. The molecule has 0 bridgehead atoms. The van der Waals surface area contributed by atoms with Crippen LogP contribution in [0.2, 0.25) is 0 Å². The number of hydrogen-bond donors (Lipinski definition) is 1. The van der Waals surface area contributed by atoms with Gasteiger partial charge in [0, 0.05) is 36.9 Å². The van der Waals surface area contributed by atoms with E-state index in [0.29, 0.717) is 12.5 Å². The van der Waals surface area contributed by atoms with E-state index in [1.165, 1.54) is 24.9 Å². The van der Waals surface area contributed by atoms with Crippen molar-refractivity contribution < 1.29 is 4.79 Å². The summed E-state index contributed by atoms with van der Waals surface area (Å²) in [4.78, 5) is 16.9. The predicted octanol–water partition coefficient (Wildman–Crippen LogP) is 3.35. The van der Waals surface area contributed by atoms with Gasteiger partial charge in [-0.1, -0.05) is 6.92 Å². The summed E-state index contributed by atoms with van der Waals surface area (Å²) in [6.45, 7) is 5.72. The van der Waals surface area contributed by atoms with Crippen molar-refractivity contribution in [1.82, 2.24) is 4.90 Å². The first-order valence-corrected chi connectivity index (χ1v) is 8.97. The highest BCUT2D eigenvalue weighted by Gasteiger charge is 2.23. The van der Waals surface area contributed by atoms with Crippen LogP contribution in [-0.2, 0) is 4.79 Å². The van der Waals surface area contributed by atoms with Crippen LogP contribution >= 0.6 is 0 Å². The highest BCUT2D eigenvalue weighted by atomic mass is 16.1. The van der Waals surface area contributed by atoms with E-state index in [2.05, 4.69) is 41.2 Å². The maximum Gasteiger partial charge on any atom is 0.225 e. The molecule has 0 aliphatic carbocycles. The quantitative estimate of drug-likeness (QED) is 0.925. The van der Waals surface area contributed by atoms with Gasteiger partial charge in [0.15, 0.2) is 0 Å². The van der Waals surface area contributed by atoms with Gasteiger partial charge in [-0.25, -0.2) is 0 Å². The van der Waals surface area contributed by atoms with Crippen LogP contribution in [0.1, 0.15) is 39.0 Å². The first-order valence-electron chi connectivity index (χ1n) is 8.97. The molecule has 1 atom stereocenters. The molecule has 1 aromatic carbocycles. The van der Waals surface area contributed by atoms with Gasteiger partial charge in [0.2, 0.25) is 5.91 Å². The maximum absolute atomic E-state index is 12.2. The zero-order valence-electron chi connectivity index (χ0n) is 14.4. The van der Waals surface area contributed by atoms with Crippen LogP contribution in [-0.4, -0.2) is 43.5 Å². The zero-order valence-corrected chi connectivity index (χ0v) is 14.4. The lowest BCUT2D eigenvalue weighted by molar-refractivity contribution is -0.117. The molecule has 1 amide bonds. The molecule has 4 heteroatoms. The minimum atomic E-state index is 0.128. The maximum atomic E-state index is 12.2. The number of nitrogens with zero attached hydrogens (tertiary/aromatic N) is 2. The van der Waals surface area contributed by atoms with E-state index in [-0.39, 0.29) is 5.91 Å². The second-order valence-electron chi connectivity index (χ2n) is 7.25. The lowest BCUT2D eigenvalue weighted by atomic mass is 9.99. The number of carbonyl (C=O) groups excluding carboxylic acids is 1. The van der Waals surface area contributed by atoms with Crippen LogP contribution in [0.3, 0.4) is 0 Å². The van der Waals surface area contributed by atoms with E-state index in [1.807, 2.05) is 12.1 Å². The van der Waals surface area contributed by atoms with Crippen molar-refractivity contribution in [1.29, 1.82) is 0 Å². The Morgan fingerprint density at radius 3 is 2.43 bits per heavy atom. The number of anilines is 2. The number of amides is 1. The molecule has 3 rings (SSSR count). The Kier molecular flexibility index (Phi) is 5.21. The fraction of sp³-hybridized carbons (Fsp3) is 0.632. The van der Waals surface area contributed by atoms with Crippen LogP contribution in [0, 0.1) is 5.92 Å². The molecule has 23 heavy (non-hydrogen) atoms. The van der Waals surface area contributed by atoms with Gasteiger partial charge in [-0.15, -0.1) is 0 Å². The number of benzene rings is 1. The molecule has 2 aliphatic rings. The van der Waals surface area contributed by atoms with E-state index in [4.69, 9.17) is 0 Å². The van der Waals surface area contributed by atoms with Crippen LogP contribution in [0.15, 0.2) is 24.3 Å². The molecule has 0 radical (unpaired) electrons. The van der Waals surface area contributed by atoms with E-state index in [9.17, 15) is 4.79 Å². The lowest BCUT2D eigenvalue weighted by Crippen LogP contribution is -2.32. The number of rotatable bonds is 4. The Balaban J connectivity index is 1.52. The van der Waals surface area contributed by atoms with Gasteiger partial charge in [0.25, 0.3) is 0 Å². The van der Waals surface area contributed by atoms with Crippen molar-refractivity contribution in [3.8, 4) is 0 Å². The van der Waals surface area contributed by atoms with Crippen molar-refractivity contribution in [3.05, 3.63) is 24.3 Å². The molecule has 4 nitrogen and oxygen atoms in total. The average molecular weight is 315 g/mol. The monoisotopic (exact) mass is 315 g/mol. The number of piperidine rings is 1. The van der Waals surface area contributed by atoms with Crippen LogP contribution < -0.4 is 10.2 Å². The first-order chi connectivity index (χ1) is 11.1. The fourth-order valence-electron chi connectivity index (χ4n) is 3.69. The van der Waals surface area contributed by atoms with Gasteiger partial charge in [-0.3, -0.25) is 4.79 Å². The molecule has 1 N–H and O–H groups in total. The van der Waals surface area contributed by atoms with Gasteiger partial charge in [-0.05, 0) is 69.5 Å². The molecule has 0 saturated carbocycles. The SMILES string of the molecule is CC1CCN(c2ccc(NC(=O)CC3CCCN3C)cc2)CC1. The largest absolute Gasteiger partial charge is 0.372 e. The summed E-state index contributed by atoms with van der Waals surface area (Å²) in [5.74, 6) is 0.974. The Morgan fingerprint density at radius 1 is 1.13 bits per heavy atom. The minimum Gasteiger partial charge on any atom is -0.372 e. The Hall–Kier alpha value is -1.55. The first kappa shape index (κ1) is 16.3. The van der Waals surface area contributed by atoms with Crippen LogP contribution in [0.25, 0.3) is 0 Å². The van der Waals surface area contributed by atoms with E-state index >= 15 is 0 Å². The van der Waals surface area contributed by atoms with Crippen molar-refractivity contribution in [2.75, 3.05) is 36.9 Å². The van der Waals surface area contributed by atoms with E-state index < -0.39 is 0 Å². The summed E-state index contributed by atoms with van der Waals surface area (Å²) < 4.78 is 0. The van der Waals surface area contributed by atoms with Crippen molar-refractivity contribution in [2.45, 2.75) is 45.1 Å². The summed E-state index contributed by atoms with van der Waals surface area (Å²) in [5.41, 5.74) is 2.18. The third-order valence-corrected chi connectivity index (χ3v) is 5.39. The standard InChI is InChI=1S/C19H29N3O/c1-15-9-12-22(13-10-15)17-7-5-16(6-8-17)20-19(23)14-18-4-3-11-21(18)2/h5-8,15,18H,3-4,9-14H2,1-2H3,(H,20,23). The van der Waals surface area contributed by atoms with Crippen molar-refractivity contribution in [3.63, 3.8) is 0 Å². The van der Waals surface area contributed by atoms with Crippen molar-refractivity contribution >= 4 is 17.3 Å². The molecule has 0 aromatic heterocycles. The third-order valence-electron chi connectivity index (χ3n) is 5.39. The minimum absolute atomic E-state index is 0.128. The van der Waals surface area contributed by atoms with Crippen molar-refractivity contribution in [2.24, 2.45) is 5.92 Å². The second kappa shape index (κ2) is 7.35. The molecule has 1 unspecified atom stereocenters. The van der Waals surface area contributed by atoms with E-state index in [0.717, 1.165) is 37.7 Å². The van der Waals surface area contributed by atoms with Crippen LogP contribution in [0.4, 0.5) is 11.4 Å². The number of hydrogen-bond acceptors (Lipinski definition) is 3. The summed E-state index contributed by atoms with van der Waals surface area (Å²) in [5, 5.41) is 3.04. The summed E-state index contributed by atoms with van der Waals surface area (Å²) in [6, 6.07) is 8.73. The molecule has 2 aliphatic heterocycles. The molecular formula is C19H29N3O. The van der Waals surface area contributed by atoms with E-state index in [1.54, 1.807) is 0 Å². The number of carbonyl (C=O) groups is 1. The van der Waals surface area contributed by atoms with Crippen LogP contribution in [0.5, 0.6) is 0 Å². The highest BCUT2D eigenvalue weighted by Crippen LogP contribution is 2.24. The molecule has 2 saturated heterocycles. The van der Waals surface area contributed by atoms with Gasteiger partial charge in [-0.2, -0.15) is 0 Å². The Bertz CT molecular complexity index is 520. The summed E-state index contributed by atoms with van der Waals surface area (Å²) in [7, 11) is 2.11. The van der Waals surface area contributed by atoms with Gasteiger partial charge < -0.3 is 15.1 Å². The molecular weight excluding hydrogens is 286 g/mol. The number of nitrogens with one attached hydrogen (secondary N) is 1. The van der Waals surface area contributed by atoms with Gasteiger partial charge >= 0.3 is 0 Å². The smallest absolute Gasteiger partial charge is 0.225 e. The lowest BCUT2D eigenvalue weighted by Gasteiger charge is -2.32. The molecule has 2 heterocycles. The average Bonchev–Trinajstić information content (AvgIpc) is 2.94. The molecule has 2 fully saturated rings. The molecule has 1 aromatic rings. The molecule has 126 valence electrons. The Morgan fingerprint density at radius 2 is 1.83 bits per heavy atom. The molecule has 0 spiro atoms. The normalized spacial score (nSPS) is 23.2. The third kappa shape index (κ3) is 4.25. The number of likely N-dealkylation sites (tertiary alicyclic amines) is 1. The highest BCUT2D eigenvalue weighted by molar-refractivity contribution is 5.91. The Labute approximate surface area is 139 Å². The second-order valence-corrected chi connectivity index (χ2v) is 7.25. The topological polar surface area (TPSA) is 35.6 Å². The predicted molar refractivity (Wildman–Crippen MR) is 96.0 cm³/mol. The summed E-state index contributed by atoms with van der Waals surface area (Å²) in [6.07, 6.45) is 5.48. The van der Waals surface area contributed by atoms with Gasteiger partial charge in [0.05, 0.1) is 0 Å². The zero-order chi connectivity index (χ0) is 16.2. The van der Waals surface area contributed by atoms with Gasteiger partial charge in [0.1, 0.15) is 0 Å².